The van der Waals surface area contributed by atoms with Crippen molar-refractivity contribution in [3.05, 3.63) is 90.5 Å². The number of benzene rings is 3. The molecule has 4 rings (SSSR count). The zero-order valence-electron chi connectivity index (χ0n) is 19.9. The first-order valence-electron chi connectivity index (χ1n) is 11.1. The summed E-state index contributed by atoms with van der Waals surface area (Å²) in [5, 5.41) is 13.3. The average Bonchev–Trinajstić information content (AvgIpc) is 3.36. The third-order valence-electron chi connectivity index (χ3n) is 5.08. The van der Waals surface area contributed by atoms with Gasteiger partial charge in [0.05, 0.1) is 20.0 Å². The Labute approximate surface area is 213 Å². The van der Waals surface area contributed by atoms with E-state index < -0.39 is 0 Å². The van der Waals surface area contributed by atoms with E-state index in [1.54, 1.807) is 20.3 Å². The molecule has 182 valence electrons. The molecule has 0 fully saturated rings. The molecule has 8 nitrogen and oxygen atoms in total. The van der Waals surface area contributed by atoms with Crippen LogP contribution in [0.1, 0.15) is 5.56 Å². The molecule has 1 amide bonds. The highest BCUT2D eigenvalue weighted by molar-refractivity contribution is 7.99. The number of thioether (sulfide) groups is 1. The number of aromatic nitrogens is 3. The Bertz CT molecular complexity index is 1330. The number of nitrogens with one attached hydrogen (secondary N) is 1. The summed E-state index contributed by atoms with van der Waals surface area (Å²) >= 11 is 1.27. The third-order valence-corrected chi connectivity index (χ3v) is 6.01. The second-order valence-electron chi connectivity index (χ2n) is 7.44. The van der Waals surface area contributed by atoms with E-state index in [0.717, 1.165) is 28.3 Å². The van der Waals surface area contributed by atoms with Crippen LogP contribution in [0.3, 0.4) is 0 Å². The van der Waals surface area contributed by atoms with Crippen molar-refractivity contribution in [3.8, 4) is 28.6 Å². The minimum Gasteiger partial charge on any atom is -0.497 e. The quantitative estimate of drug-likeness (QED) is 0.190. The highest BCUT2D eigenvalue weighted by Gasteiger charge is 2.17. The van der Waals surface area contributed by atoms with Crippen molar-refractivity contribution in [2.24, 2.45) is 5.10 Å². The number of carbonyl (C=O) groups excluding carboxylic acids is 1. The highest BCUT2D eigenvalue weighted by Crippen LogP contribution is 2.29. The van der Waals surface area contributed by atoms with Gasteiger partial charge in [0, 0.05) is 17.5 Å². The summed E-state index contributed by atoms with van der Waals surface area (Å²) in [4.78, 5) is 12.4. The molecule has 0 aliphatic rings. The van der Waals surface area contributed by atoms with Gasteiger partial charge in [-0.2, -0.15) is 5.10 Å². The minimum absolute atomic E-state index is 0.122. The van der Waals surface area contributed by atoms with Crippen LogP contribution in [-0.2, 0) is 4.79 Å². The Morgan fingerprint density at radius 2 is 1.61 bits per heavy atom. The van der Waals surface area contributed by atoms with E-state index in [1.165, 1.54) is 18.0 Å². The molecule has 0 aliphatic heterocycles. The van der Waals surface area contributed by atoms with Gasteiger partial charge in [-0.1, -0.05) is 48.2 Å². The Balaban J connectivity index is 1.47. The summed E-state index contributed by atoms with van der Waals surface area (Å²) in [6.45, 7) is 0. The fourth-order valence-electron chi connectivity index (χ4n) is 3.29. The number of methoxy groups -OCH3 is 2. The molecule has 0 unspecified atom stereocenters. The molecule has 0 atom stereocenters. The van der Waals surface area contributed by atoms with Gasteiger partial charge in [0.1, 0.15) is 11.5 Å². The summed E-state index contributed by atoms with van der Waals surface area (Å²) in [5.41, 5.74) is 5.30. The minimum atomic E-state index is -0.250. The first kappa shape index (κ1) is 24.7. The molecule has 0 radical (unpaired) electrons. The van der Waals surface area contributed by atoms with Gasteiger partial charge in [-0.15, -0.1) is 10.2 Å². The van der Waals surface area contributed by atoms with Gasteiger partial charge >= 0.3 is 0 Å². The number of amides is 1. The fraction of sp³-hybridized carbons (Fsp3) is 0.111. The molecule has 1 N–H and O–H groups in total. The molecule has 1 heterocycles. The summed E-state index contributed by atoms with van der Waals surface area (Å²) in [6, 6.07) is 25.0. The van der Waals surface area contributed by atoms with Crippen molar-refractivity contribution in [2.45, 2.75) is 5.16 Å². The molecule has 36 heavy (non-hydrogen) atoms. The molecule has 0 spiro atoms. The number of allylic oxidation sites excluding steroid dienone is 1. The van der Waals surface area contributed by atoms with Crippen molar-refractivity contribution in [2.75, 3.05) is 20.0 Å². The van der Waals surface area contributed by atoms with Crippen LogP contribution in [0.5, 0.6) is 11.5 Å². The standard InChI is InChI=1S/C27H25N5O3S/c1-34-23-14-10-21(11-15-23)26-30-31-27(32(26)22-12-16-24(35-2)17-13-22)36-19-25(33)29-28-18-6-9-20-7-4-3-5-8-20/h3-18H,19H2,1-2H3,(H,29,33)/b9-6+,28-18+. The topological polar surface area (TPSA) is 90.6 Å². The SMILES string of the molecule is COc1ccc(-c2nnc(SCC(=O)N/N=C/C=C/c3ccccc3)n2-c2ccc(OC)cc2)cc1. The number of ether oxygens (including phenoxy) is 2. The molecular formula is C27H25N5O3S. The predicted octanol–water partition coefficient (Wildman–Crippen LogP) is 4.86. The lowest BCUT2D eigenvalue weighted by atomic mass is 10.2. The lowest BCUT2D eigenvalue weighted by Gasteiger charge is -2.11. The van der Waals surface area contributed by atoms with Crippen LogP contribution in [0, 0.1) is 0 Å². The van der Waals surface area contributed by atoms with Crippen LogP contribution in [0.2, 0.25) is 0 Å². The molecule has 4 aromatic rings. The lowest BCUT2D eigenvalue weighted by molar-refractivity contribution is -0.118. The monoisotopic (exact) mass is 499 g/mol. The van der Waals surface area contributed by atoms with Crippen molar-refractivity contribution in [1.29, 1.82) is 0 Å². The summed E-state index contributed by atoms with van der Waals surface area (Å²) < 4.78 is 12.5. The van der Waals surface area contributed by atoms with Crippen molar-refractivity contribution in [1.82, 2.24) is 20.2 Å². The van der Waals surface area contributed by atoms with Crippen LogP contribution in [0.25, 0.3) is 23.2 Å². The first-order chi connectivity index (χ1) is 17.7. The zero-order valence-corrected chi connectivity index (χ0v) is 20.7. The maximum Gasteiger partial charge on any atom is 0.250 e. The molecule has 0 bridgehead atoms. The van der Waals surface area contributed by atoms with Crippen LogP contribution in [-0.4, -0.2) is 46.9 Å². The van der Waals surface area contributed by atoms with Crippen molar-refractivity contribution in [3.63, 3.8) is 0 Å². The van der Waals surface area contributed by atoms with Gasteiger partial charge in [0.15, 0.2) is 11.0 Å². The van der Waals surface area contributed by atoms with Crippen molar-refractivity contribution >= 4 is 30.0 Å². The first-order valence-corrected chi connectivity index (χ1v) is 12.1. The van der Waals surface area contributed by atoms with Crippen LogP contribution in [0.4, 0.5) is 0 Å². The van der Waals surface area contributed by atoms with E-state index in [2.05, 4.69) is 20.7 Å². The normalized spacial score (nSPS) is 11.2. The summed E-state index contributed by atoms with van der Waals surface area (Å²) in [6.07, 6.45) is 5.21. The Kier molecular flexibility index (Phi) is 8.50. The van der Waals surface area contributed by atoms with Crippen LogP contribution < -0.4 is 14.9 Å². The molecule has 0 saturated heterocycles. The lowest BCUT2D eigenvalue weighted by Crippen LogP contribution is -2.19. The molecule has 9 heteroatoms. The van der Waals surface area contributed by atoms with E-state index in [0.29, 0.717) is 11.0 Å². The van der Waals surface area contributed by atoms with Gasteiger partial charge in [0.2, 0.25) is 0 Å². The average molecular weight is 500 g/mol. The zero-order chi connectivity index (χ0) is 25.2. The number of hydrogen-bond acceptors (Lipinski definition) is 7. The molecule has 0 aliphatic carbocycles. The third kappa shape index (κ3) is 6.39. The number of carbonyl (C=O) groups is 1. The van der Waals surface area contributed by atoms with E-state index in [4.69, 9.17) is 9.47 Å². The second kappa shape index (κ2) is 12.4. The molecule has 1 aromatic heterocycles. The van der Waals surface area contributed by atoms with Gasteiger partial charge in [-0.3, -0.25) is 9.36 Å². The number of hydrazone groups is 1. The maximum absolute atomic E-state index is 12.4. The number of rotatable bonds is 10. The summed E-state index contributed by atoms with van der Waals surface area (Å²) in [5.74, 6) is 2.01. The van der Waals surface area contributed by atoms with E-state index in [1.807, 2.05) is 89.5 Å². The van der Waals surface area contributed by atoms with Crippen LogP contribution >= 0.6 is 11.8 Å². The largest absolute Gasteiger partial charge is 0.497 e. The molecular weight excluding hydrogens is 474 g/mol. The molecule has 0 saturated carbocycles. The van der Waals surface area contributed by atoms with E-state index in [-0.39, 0.29) is 11.7 Å². The predicted molar refractivity (Wildman–Crippen MR) is 143 cm³/mol. The Morgan fingerprint density at radius 3 is 2.28 bits per heavy atom. The fourth-order valence-corrected chi connectivity index (χ4v) is 4.03. The molecule has 3 aromatic carbocycles. The van der Waals surface area contributed by atoms with E-state index >= 15 is 0 Å². The highest BCUT2D eigenvalue weighted by atomic mass is 32.2. The number of hydrogen-bond donors (Lipinski definition) is 1. The van der Waals surface area contributed by atoms with Gasteiger partial charge in [-0.05, 0) is 60.2 Å². The van der Waals surface area contributed by atoms with Crippen molar-refractivity contribution < 1.29 is 14.3 Å². The summed E-state index contributed by atoms with van der Waals surface area (Å²) in [7, 11) is 3.24. The van der Waals surface area contributed by atoms with Gasteiger partial charge in [0.25, 0.3) is 5.91 Å². The maximum atomic E-state index is 12.4. The second-order valence-corrected chi connectivity index (χ2v) is 8.38. The Morgan fingerprint density at radius 1 is 0.944 bits per heavy atom. The Hall–Kier alpha value is -4.37. The smallest absolute Gasteiger partial charge is 0.250 e. The van der Waals surface area contributed by atoms with Crippen LogP contribution in [0.15, 0.2) is 95.2 Å². The number of nitrogens with zero attached hydrogens (tertiary/aromatic N) is 4. The van der Waals surface area contributed by atoms with Gasteiger partial charge in [-0.25, -0.2) is 5.43 Å². The van der Waals surface area contributed by atoms with Gasteiger partial charge < -0.3 is 9.47 Å². The van der Waals surface area contributed by atoms with E-state index in [9.17, 15) is 4.79 Å².